The zero-order chi connectivity index (χ0) is 26.3. The highest BCUT2D eigenvalue weighted by atomic mass is 32.2. The molecule has 0 aromatic heterocycles. The first-order chi connectivity index (χ1) is 17.1. The maximum atomic E-state index is 13.3. The average molecular weight is 522 g/mol. The van der Waals surface area contributed by atoms with E-state index in [0.29, 0.717) is 42.4 Å². The third-order valence-electron chi connectivity index (χ3n) is 5.86. The highest BCUT2D eigenvalue weighted by Gasteiger charge is 2.28. The first-order valence-corrected chi connectivity index (χ1v) is 13.6. The van der Waals surface area contributed by atoms with Crippen molar-refractivity contribution < 1.29 is 31.9 Å². The van der Waals surface area contributed by atoms with Gasteiger partial charge in [-0.2, -0.15) is 0 Å². The Labute approximate surface area is 211 Å². The van der Waals surface area contributed by atoms with E-state index in [-0.39, 0.29) is 37.7 Å². The Morgan fingerprint density at radius 2 is 1.75 bits per heavy atom. The second kappa shape index (κ2) is 12.1. The van der Waals surface area contributed by atoms with Crippen LogP contribution >= 0.6 is 0 Å². The summed E-state index contributed by atoms with van der Waals surface area (Å²) < 4.78 is 50.7. The van der Waals surface area contributed by atoms with Gasteiger partial charge in [0.05, 0.1) is 11.9 Å². The van der Waals surface area contributed by atoms with Gasteiger partial charge in [-0.25, -0.2) is 12.8 Å². The Hall–Kier alpha value is -3.34. The molecule has 0 saturated heterocycles. The van der Waals surface area contributed by atoms with Crippen molar-refractivity contribution in [3.8, 4) is 11.5 Å². The SMILES string of the molecule is CC[C@@H](C(=O)NC)N(Cc1ccc(F)cc1)C(=O)CCCN(c1ccc2c(c1)OCCO2)S(C)(=O)=O. The molecule has 2 aromatic rings. The van der Waals surface area contributed by atoms with E-state index in [1.54, 1.807) is 37.3 Å². The molecule has 0 unspecified atom stereocenters. The van der Waals surface area contributed by atoms with Gasteiger partial charge >= 0.3 is 0 Å². The molecule has 1 heterocycles. The number of rotatable bonds is 11. The van der Waals surface area contributed by atoms with Gasteiger partial charge in [0.2, 0.25) is 21.8 Å². The molecule has 0 radical (unpaired) electrons. The van der Waals surface area contributed by atoms with Crippen LogP contribution in [0.2, 0.25) is 0 Å². The normalized spacial score (nSPS) is 13.6. The molecule has 196 valence electrons. The molecular formula is C25H32FN3O6S. The number of hydrogen-bond acceptors (Lipinski definition) is 6. The number of benzene rings is 2. The van der Waals surface area contributed by atoms with Crippen LogP contribution in [0.4, 0.5) is 10.1 Å². The summed E-state index contributed by atoms with van der Waals surface area (Å²) in [4.78, 5) is 27.2. The van der Waals surface area contributed by atoms with Crippen molar-refractivity contribution in [2.24, 2.45) is 0 Å². The number of amides is 2. The van der Waals surface area contributed by atoms with Crippen molar-refractivity contribution in [2.75, 3.05) is 37.4 Å². The average Bonchev–Trinajstić information content (AvgIpc) is 2.86. The maximum Gasteiger partial charge on any atom is 0.242 e. The number of fused-ring (bicyclic) bond motifs is 1. The van der Waals surface area contributed by atoms with E-state index in [1.807, 2.05) is 0 Å². The summed E-state index contributed by atoms with van der Waals surface area (Å²) in [6.07, 6.45) is 1.74. The quantitative estimate of drug-likeness (QED) is 0.488. The van der Waals surface area contributed by atoms with Gasteiger partial charge in [-0.1, -0.05) is 19.1 Å². The number of ether oxygens (including phenoxy) is 2. The zero-order valence-corrected chi connectivity index (χ0v) is 21.5. The van der Waals surface area contributed by atoms with Crippen molar-refractivity contribution in [3.05, 3.63) is 53.8 Å². The van der Waals surface area contributed by atoms with Crippen molar-refractivity contribution in [3.63, 3.8) is 0 Å². The van der Waals surface area contributed by atoms with Crippen LogP contribution in [-0.2, 0) is 26.2 Å². The Morgan fingerprint density at radius 1 is 1.08 bits per heavy atom. The van der Waals surface area contributed by atoms with Crippen LogP contribution < -0.4 is 19.1 Å². The fraction of sp³-hybridized carbons (Fsp3) is 0.440. The molecule has 3 rings (SSSR count). The fourth-order valence-corrected chi connectivity index (χ4v) is 5.02. The van der Waals surface area contributed by atoms with E-state index in [9.17, 15) is 22.4 Å². The highest BCUT2D eigenvalue weighted by molar-refractivity contribution is 7.92. The van der Waals surface area contributed by atoms with Crippen LogP contribution in [-0.4, -0.2) is 64.2 Å². The minimum atomic E-state index is -3.64. The number of anilines is 1. The lowest BCUT2D eigenvalue weighted by Gasteiger charge is -2.31. The molecule has 0 spiro atoms. The second-order valence-electron chi connectivity index (χ2n) is 8.45. The first kappa shape index (κ1) is 27.3. The second-order valence-corrected chi connectivity index (χ2v) is 10.4. The van der Waals surface area contributed by atoms with E-state index in [2.05, 4.69) is 5.32 Å². The van der Waals surface area contributed by atoms with Crippen LogP contribution in [0.3, 0.4) is 0 Å². The van der Waals surface area contributed by atoms with Gasteiger partial charge in [0.25, 0.3) is 0 Å². The van der Waals surface area contributed by atoms with Crippen LogP contribution in [0, 0.1) is 5.82 Å². The van der Waals surface area contributed by atoms with Crippen molar-refractivity contribution >= 4 is 27.5 Å². The lowest BCUT2D eigenvalue weighted by molar-refractivity contribution is -0.141. The van der Waals surface area contributed by atoms with Crippen molar-refractivity contribution in [2.45, 2.75) is 38.8 Å². The Kier molecular flexibility index (Phi) is 9.14. The molecule has 0 bridgehead atoms. The Bertz CT molecular complexity index is 1170. The summed E-state index contributed by atoms with van der Waals surface area (Å²) in [5, 5.41) is 2.58. The van der Waals surface area contributed by atoms with Gasteiger partial charge in [-0.15, -0.1) is 0 Å². The minimum absolute atomic E-state index is 0.0191. The molecule has 1 aliphatic rings. The summed E-state index contributed by atoms with van der Waals surface area (Å²) in [5.74, 6) is 0.0116. The maximum absolute atomic E-state index is 13.3. The number of nitrogens with zero attached hydrogens (tertiary/aromatic N) is 2. The van der Waals surface area contributed by atoms with E-state index in [1.165, 1.54) is 28.4 Å². The first-order valence-electron chi connectivity index (χ1n) is 11.8. The Morgan fingerprint density at radius 3 is 2.36 bits per heavy atom. The number of sulfonamides is 1. The lowest BCUT2D eigenvalue weighted by atomic mass is 10.1. The third-order valence-corrected chi connectivity index (χ3v) is 7.06. The summed E-state index contributed by atoms with van der Waals surface area (Å²) in [6.45, 7) is 2.79. The van der Waals surface area contributed by atoms with Gasteiger partial charge in [0.1, 0.15) is 25.1 Å². The summed E-state index contributed by atoms with van der Waals surface area (Å²) in [7, 11) is -2.14. The van der Waals surface area contributed by atoms with Gasteiger partial charge < -0.3 is 19.7 Å². The molecule has 9 nitrogen and oxygen atoms in total. The van der Waals surface area contributed by atoms with Crippen LogP contribution in [0.1, 0.15) is 31.7 Å². The highest BCUT2D eigenvalue weighted by Crippen LogP contribution is 2.34. The molecule has 2 amide bonds. The predicted octanol–water partition coefficient (Wildman–Crippen LogP) is 2.70. The molecule has 11 heteroatoms. The minimum Gasteiger partial charge on any atom is -0.486 e. The number of hydrogen-bond donors (Lipinski definition) is 1. The summed E-state index contributed by atoms with van der Waals surface area (Å²) in [6, 6.07) is 9.93. The largest absolute Gasteiger partial charge is 0.486 e. The molecule has 0 fully saturated rings. The topological polar surface area (TPSA) is 105 Å². The monoisotopic (exact) mass is 521 g/mol. The molecule has 1 aliphatic heterocycles. The lowest BCUT2D eigenvalue weighted by Crippen LogP contribution is -2.48. The van der Waals surface area contributed by atoms with E-state index < -0.39 is 21.9 Å². The predicted molar refractivity (Wildman–Crippen MR) is 134 cm³/mol. The molecule has 0 saturated carbocycles. The molecule has 2 aromatic carbocycles. The van der Waals surface area contributed by atoms with Crippen molar-refractivity contribution in [1.29, 1.82) is 0 Å². The van der Waals surface area contributed by atoms with Crippen LogP contribution in [0.15, 0.2) is 42.5 Å². The smallest absolute Gasteiger partial charge is 0.242 e. The van der Waals surface area contributed by atoms with E-state index in [4.69, 9.17) is 9.47 Å². The number of likely N-dealkylation sites (N-methyl/N-ethyl adjacent to an activating group) is 1. The van der Waals surface area contributed by atoms with E-state index in [0.717, 1.165) is 6.26 Å². The number of nitrogens with one attached hydrogen (secondary N) is 1. The van der Waals surface area contributed by atoms with Crippen LogP contribution in [0.5, 0.6) is 11.5 Å². The summed E-state index contributed by atoms with van der Waals surface area (Å²) in [5.41, 5.74) is 1.09. The number of carbonyl (C=O) groups excluding carboxylic acids is 2. The number of halogens is 1. The zero-order valence-electron chi connectivity index (χ0n) is 20.7. The van der Waals surface area contributed by atoms with Gasteiger partial charge in [-0.3, -0.25) is 13.9 Å². The van der Waals surface area contributed by atoms with Gasteiger partial charge in [0.15, 0.2) is 11.5 Å². The van der Waals surface area contributed by atoms with E-state index >= 15 is 0 Å². The van der Waals surface area contributed by atoms with Gasteiger partial charge in [-0.05, 0) is 42.7 Å². The third kappa shape index (κ3) is 6.87. The molecule has 1 N–H and O–H groups in total. The summed E-state index contributed by atoms with van der Waals surface area (Å²) >= 11 is 0. The fourth-order valence-electron chi connectivity index (χ4n) is 4.06. The Balaban J connectivity index is 1.74. The molecule has 36 heavy (non-hydrogen) atoms. The standard InChI is InChI=1S/C25H32FN3O6S/c1-4-21(25(31)27-2)28(17-18-7-9-19(26)10-8-18)24(30)6-5-13-29(36(3,32)33)20-11-12-22-23(16-20)35-15-14-34-22/h7-12,16,21H,4-6,13-15,17H2,1-3H3,(H,27,31)/t21-/m0/s1. The molecule has 0 aliphatic carbocycles. The van der Waals surface area contributed by atoms with Gasteiger partial charge in [0, 0.05) is 32.6 Å². The molecule has 1 atom stereocenters. The van der Waals surface area contributed by atoms with Crippen molar-refractivity contribution in [1.82, 2.24) is 10.2 Å². The number of carbonyl (C=O) groups is 2. The molecular weight excluding hydrogens is 489 g/mol. The van der Waals surface area contributed by atoms with Crippen LogP contribution in [0.25, 0.3) is 0 Å².